The molecule has 0 aliphatic heterocycles. The lowest BCUT2D eigenvalue weighted by molar-refractivity contribution is 0.0948. The molecule has 0 fully saturated rings. The van der Waals surface area contributed by atoms with E-state index in [1.54, 1.807) is 35.5 Å². The zero-order valence-corrected chi connectivity index (χ0v) is 13.2. The molecule has 0 saturated carbocycles. The maximum atomic E-state index is 13.7. The molecule has 2 aromatic heterocycles. The van der Waals surface area contributed by atoms with E-state index < -0.39 is 11.7 Å². The lowest BCUT2D eigenvalue weighted by Gasteiger charge is -2.07. The summed E-state index contributed by atoms with van der Waals surface area (Å²) >= 11 is 5.86. The normalized spacial score (nSPS) is 10.6. The first-order valence-corrected chi connectivity index (χ1v) is 7.55. The number of nitrogens with one attached hydrogen (secondary N) is 1. The Labute approximate surface area is 142 Å². The number of aromatic nitrogens is 4. The summed E-state index contributed by atoms with van der Waals surface area (Å²) in [6, 6.07) is 5.92. The Morgan fingerprint density at radius 2 is 2.12 bits per heavy atom. The van der Waals surface area contributed by atoms with E-state index in [0.717, 1.165) is 0 Å². The fraction of sp³-hybridized carbons (Fsp3) is 0.125. The van der Waals surface area contributed by atoms with Gasteiger partial charge in [0.05, 0.1) is 23.3 Å². The molecular formula is C16H13ClFN5O. The molecule has 6 nitrogen and oxygen atoms in total. The van der Waals surface area contributed by atoms with Crippen LogP contribution in [0.3, 0.4) is 0 Å². The first-order chi connectivity index (χ1) is 11.6. The van der Waals surface area contributed by atoms with E-state index in [0.29, 0.717) is 17.9 Å². The lowest BCUT2D eigenvalue weighted by atomic mass is 10.2. The first kappa shape index (κ1) is 16.1. The van der Waals surface area contributed by atoms with Gasteiger partial charge in [0.15, 0.2) is 0 Å². The fourth-order valence-corrected chi connectivity index (χ4v) is 2.39. The van der Waals surface area contributed by atoms with Crippen molar-refractivity contribution in [2.24, 2.45) is 0 Å². The van der Waals surface area contributed by atoms with E-state index in [2.05, 4.69) is 20.4 Å². The van der Waals surface area contributed by atoms with Gasteiger partial charge < -0.3 is 5.32 Å². The second-order valence-corrected chi connectivity index (χ2v) is 5.31. The topological polar surface area (TPSA) is 72.7 Å². The van der Waals surface area contributed by atoms with Crippen LogP contribution in [-0.4, -0.2) is 32.2 Å². The van der Waals surface area contributed by atoms with E-state index >= 15 is 0 Å². The number of benzene rings is 1. The van der Waals surface area contributed by atoms with Gasteiger partial charge in [0.2, 0.25) is 0 Å². The number of carbonyl (C=O) groups excluding carboxylic acids is 1. The van der Waals surface area contributed by atoms with Crippen molar-refractivity contribution in [1.82, 2.24) is 25.1 Å². The van der Waals surface area contributed by atoms with Crippen LogP contribution in [0.25, 0.3) is 11.4 Å². The summed E-state index contributed by atoms with van der Waals surface area (Å²) in [6.45, 7) is 0.711. The summed E-state index contributed by atoms with van der Waals surface area (Å²) in [6.07, 6.45) is 6.57. The molecule has 1 aromatic carbocycles. The largest absolute Gasteiger partial charge is 0.350 e. The smallest absolute Gasteiger partial charge is 0.255 e. The second-order valence-electron chi connectivity index (χ2n) is 4.91. The summed E-state index contributed by atoms with van der Waals surface area (Å²) in [4.78, 5) is 20.2. The molecule has 8 heteroatoms. The maximum absolute atomic E-state index is 13.7. The molecule has 3 aromatic rings. The summed E-state index contributed by atoms with van der Waals surface area (Å²) in [7, 11) is 0. The minimum absolute atomic E-state index is 0.0801. The van der Waals surface area contributed by atoms with Crippen molar-refractivity contribution in [1.29, 1.82) is 0 Å². The van der Waals surface area contributed by atoms with Gasteiger partial charge in [-0.1, -0.05) is 17.7 Å². The standard InChI is InChI=1S/C16H13ClFN5O/c17-11-2-1-3-12(18)15(11)16(24)21-7-9-23-8-4-13(22-23)14-10-19-5-6-20-14/h1-6,8,10H,7,9H2,(H,21,24). The SMILES string of the molecule is O=C(NCCn1ccc(-c2cnccn2)n1)c1c(F)cccc1Cl. The molecule has 3 rings (SSSR count). The molecule has 0 bridgehead atoms. The molecule has 1 N–H and O–H groups in total. The molecule has 122 valence electrons. The highest BCUT2D eigenvalue weighted by molar-refractivity contribution is 6.33. The monoisotopic (exact) mass is 345 g/mol. The summed E-state index contributed by atoms with van der Waals surface area (Å²) in [5.41, 5.74) is 1.20. The third kappa shape index (κ3) is 3.57. The van der Waals surface area contributed by atoms with Crippen LogP contribution in [0, 0.1) is 5.82 Å². The van der Waals surface area contributed by atoms with Crippen molar-refractivity contribution in [2.45, 2.75) is 6.54 Å². The molecular weight excluding hydrogens is 333 g/mol. The van der Waals surface area contributed by atoms with Crippen molar-refractivity contribution in [3.05, 3.63) is 65.5 Å². The van der Waals surface area contributed by atoms with E-state index in [9.17, 15) is 9.18 Å². The van der Waals surface area contributed by atoms with Crippen LogP contribution in [0.2, 0.25) is 5.02 Å². The predicted octanol–water partition coefficient (Wildman–Crippen LogP) is 2.56. The number of hydrogen-bond acceptors (Lipinski definition) is 4. The highest BCUT2D eigenvalue weighted by atomic mass is 35.5. The Morgan fingerprint density at radius 3 is 2.88 bits per heavy atom. The van der Waals surface area contributed by atoms with Crippen LogP contribution in [0.5, 0.6) is 0 Å². The van der Waals surface area contributed by atoms with E-state index in [-0.39, 0.29) is 17.1 Å². The van der Waals surface area contributed by atoms with Crippen LogP contribution in [0.4, 0.5) is 4.39 Å². The van der Waals surface area contributed by atoms with Gasteiger partial charge in [0.25, 0.3) is 5.91 Å². The maximum Gasteiger partial charge on any atom is 0.255 e. The third-order valence-corrected chi connectivity index (χ3v) is 3.60. The van der Waals surface area contributed by atoms with Gasteiger partial charge in [-0.25, -0.2) is 4.39 Å². The average molecular weight is 346 g/mol. The van der Waals surface area contributed by atoms with Crippen molar-refractivity contribution >= 4 is 17.5 Å². The van der Waals surface area contributed by atoms with Gasteiger partial charge in [-0.2, -0.15) is 5.10 Å². The van der Waals surface area contributed by atoms with E-state index in [4.69, 9.17) is 11.6 Å². The number of rotatable bonds is 5. The van der Waals surface area contributed by atoms with Crippen molar-refractivity contribution in [3.8, 4) is 11.4 Å². The van der Waals surface area contributed by atoms with Gasteiger partial charge in [0, 0.05) is 25.1 Å². The predicted molar refractivity (Wildman–Crippen MR) is 87.0 cm³/mol. The van der Waals surface area contributed by atoms with Crippen LogP contribution in [0.15, 0.2) is 49.1 Å². The molecule has 0 atom stereocenters. The highest BCUT2D eigenvalue weighted by Crippen LogP contribution is 2.18. The van der Waals surface area contributed by atoms with Gasteiger partial charge >= 0.3 is 0 Å². The highest BCUT2D eigenvalue weighted by Gasteiger charge is 2.15. The first-order valence-electron chi connectivity index (χ1n) is 7.17. The molecule has 0 saturated heterocycles. The molecule has 0 spiro atoms. The second kappa shape index (κ2) is 7.18. The number of halogens is 2. The quantitative estimate of drug-likeness (QED) is 0.771. The van der Waals surface area contributed by atoms with Crippen LogP contribution in [-0.2, 0) is 6.54 Å². The molecule has 0 aliphatic carbocycles. The number of nitrogens with zero attached hydrogens (tertiary/aromatic N) is 4. The molecule has 0 unspecified atom stereocenters. The van der Waals surface area contributed by atoms with E-state index in [1.807, 2.05) is 0 Å². The zero-order valence-electron chi connectivity index (χ0n) is 12.5. The fourth-order valence-electron chi connectivity index (χ4n) is 2.14. The molecule has 1 amide bonds. The third-order valence-electron chi connectivity index (χ3n) is 3.28. The van der Waals surface area contributed by atoms with Crippen molar-refractivity contribution in [2.75, 3.05) is 6.54 Å². The average Bonchev–Trinajstić information content (AvgIpc) is 3.04. The molecule has 0 radical (unpaired) electrons. The van der Waals surface area contributed by atoms with Crippen molar-refractivity contribution in [3.63, 3.8) is 0 Å². The molecule has 0 aliphatic rings. The number of amides is 1. The van der Waals surface area contributed by atoms with Gasteiger partial charge in [-0.15, -0.1) is 0 Å². The van der Waals surface area contributed by atoms with Crippen molar-refractivity contribution < 1.29 is 9.18 Å². The zero-order chi connectivity index (χ0) is 16.9. The summed E-state index contributed by atoms with van der Waals surface area (Å²) in [5.74, 6) is -1.21. The number of carbonyl (C=O) groups is 1. The lowest BCUT2D eigenvalue weighted by Crippen LogP contribution is -2.28. The van der Waals surface area contributed by atoms with Crippen LogP contribution >= 0.6 is 11.6 Å². The molecule has 2 heterocycles. The minimum atomic E-state index is -0.649. The number of hydrogen-bond donors (Lipinski definition) is 1. The summed E-state index contributed by atoms with van der Waals surface area (Å²) < 4.78 is 15.3. The van der Waals surface area contributed by atoms with Crippen LogP contribution < -0.4 is 5.32 Å². The Hall–Kier alpha value is -2.80. The van der Waals surface area contributed by atoms with Gasteiger partial charge in [-0.05, 0) is 18.2 Å². The summed E-state index contributed by atoms with van der Waals surface area (Å²) in [5, 5.41) is 7.05. The Bertz CT molecular complexity index is 832. The van der Waals surface area contributed by atoms with Gasteiger partial charge in [-0.3, -0.25) is 19.4 Å². The Kier molecular flexibility index (Phi) is 4.81. The van der Waals surface area contributed by atoms with Crippen LogP contribution in [0.1, 0.15) is 10.4 Å². The Morgan fingerprint density at radius 1 is 1.25 bits per heavy atom. The van der Waals surface area contributed by atoms with Gasteiger partial charge in [0.1, 0.15) is 17.2 Å². The Balaban J connectivity index is 1.59. The van der Waals surface area contributed by atoms with E-state index in [1.165, 1.54) is 18.2 Å². The molecule has 24 heavy (non-hydrogen) atoms. The minimum Gasteiger partial charge on any atom is -0.350 e.